The monoisotopic (exact) mass is 262 g/mol. The fraction of sp³-hybridized carbons (Fsp3) is 0.533. The van der Waals surface area contributed by atoms with Crippen molar-refractivity contribution in [2.24, 2.45) is 0 Å². The van der Waals surface area contributed by atoms with Crippen LogP contribution < -0.4 is 10.6 Å². The van der Waals surface area contributed by atoms with Crippen molar-refractivity contribution in [1.29, 1.82) is 0 Å². The van der Waals surface area contributed by atoms with E-state index in [1.807, 2.05) is 12.1 Å². The summed E-state index contributed by atoms with van der Waals surface area (Å²) in [4.78, 5) is 12.2. The molecular weight excluding hydrogens is 240 g/mol. The minimum Gasteiger partial charge on any atom is -0.508 e. The molecule has 1 amide bonds. The number of benzene rings is 1. The Morgan fingerprint density at radius 2 is 2.16 bits per heavy atom. The molecule has 1 atom stereocenters. The SMILES string of the molecule is CCC1(C(=O)NCCc2ccc(O)cc2)CCCN1. The lowest BCUT2D eigenvalue weighted by Gasteiger charge is -2.26. The molecule has 4 heteroatoms. The zero-order valence-electron chi connectivity index (χ0n) is 11.4. The quantitative estimate of drug-likeness (QED) is 0.755. The highest BCUT2D eigenvalue weighted by atomic mass is 16.3. The zero-order valence-corrected chi connectivity index (χ0v) is 11.4. The van der Waals surface area contributed by atoms with E-state index in [1.54, 1.807) is 12.1 Å². The van der Waals surface area contributed by atoms with Crippen LogP contribution in [0.4, 0.5) is 0 Å². The molecule has 1 fully saturated rings. The van der Waals surface area contributed by atoms with Gasteiger partial charge in [-0.3, -0.25) is 4.79 Å². The van der Waals surface area contributed by atoms with Crippen molar-refractivity contribution in [2.75, 3.05) is 13.1 Å². The van der Waals surface area contributed by atoms with Gasteiger partial charge in [0, 0.05) is 6.54 Å². The van der Waals surface area contributed by atoms with Crippen LogP contribution in [-0.2, 0) is 11.2 Å². The Labute approximate surface area is 114 Å². The first-order valence-electron chi connectivity index (χ1n) is 6.97. The number of aromatic hydroxyl groups is 1. The van der Waals surface area contributed by atoms with Crippen molar-refractivity contribution < 1.29 is 9.90 Å². The molecule has 1 heterocycles. The molecule has 2 rings (SSSR count). The summed E-state index contributed by atoms with van der Waals surface area (Å²) >= 11 is 0. The number of phenolic OH excluding ortho intramolecular Hbond substituents is 1. The number of carbonyl (C=O) groups excluding carboxylic acids is 1. The number of hydrogen-bond donors (Lipinski definition) is 3. The molecule has 1 aliphatic rings. The highest BCUT2D eigenvalue weighted by molar-refractivity contribution is 5.86. The average molecular weight is 262 g/mol. The number of phenols is 1. The van der Waals surface area contributed by atoms with Crippen LogP contribution in [0.1, 0.15) is 31.7 Å². The van der Waals surface area contributed by atoms with Crippen LogP contribution in [0.25, 0.3) is 0 Å². The van der Waals surface area contributed by atoms with Gasteiger partial charge >= 0.3 is 0 Å². The summed E-state index contributed by atoms with van der Waals surface area (Å²) in [5.41, 5.74) is 0.762. The van der Waals surface area contributed by atoms with Crippen molar-refractivity contribution in [3.05, 3.63) is 29.8 Å². The normalized spacial score (nSPS) is 22.4. The Hall–Kier alpha value is -1.55. The van der Waals surface area contributed by atoms with E-state index in [0.717, 1.165) is 37.8 Å². The smallest absolute Gasteiger partial charge is 0.240 e. The second-order valence-corrected chi connectivity index (χ2v) is 5.14. The lowest BCUT2D eigenvalue weighted by atomic mass is 9.93. The molecule has 1 aromatic carbocycles. The minimum absolute atomic E-state index is 0.117. The third-order valence-corrected chi connectivity index (χ3v) is 3.92. The van der Waals surface area contributed by atoms with Gasteiger partial charge in [-0.15, -0.1) is 0 Å². The summed E-state index contributed by atoms with van der Waals surface area (Å²) in [7, 11) is 0. The number of amides is 1. The van der Waals surface area contributed by atoms with Crippen molar-refractivity contribution in [3.8, 4) is 5.75 Å². The lowest BCUT2D eigenvalue weighted by Crippen LogP contribution is -2.53. The van der Waals surface area contributed by atoms with Crippen molar-refractivity contribution in [1.82, 2.24) is 10.6 Å². The molecule has 0 aliphatic carbocycles. The first-order chi connectivity index (χ1) is 9.16. The van der Waals surface area contributed by atoms with E-state index in [4.69, 9.17) is 0 Å². The fourth-order valence-corrected chi connectivity index (χ4v) is 2.61. The van der Waals surface area contributed by atoms with E-state index >= 15 is 0 Å². The summed E-state index contributed by atoms with van der Waals surface area (Å²) in [6.07, 6.45) is 3.61. The molecule has 0 aromatic heterocycles. The minimum atomic E-state index is -0.352. The molecule has 104 valence electrons. The molecule has 3 N–H and O–H groups in total. The van der Waals surface area contributed by atoms with Gasteiger partial charge in [-0.2, -0.15) is 0 Å². The van der Waals surface area contributed by atoms with Crippen LogP contribution in [0.15, 0.2) is 24.3 Å². The molecular formula is C15H22N2O2. The number of carbonyl (C=O) groups is 1. The lowest BCUT2D eigenvalue weighted by molar-refractivity contribution is -0.127. The van der Waals surface area contributed by atoms with E-state index < -0.39 is 0 Å². The highest BCUT2D eigenvalue weighted by Gasteiger charge is 2.38. The highest BCUT2D eigenvalue weighted by Crippen LogP contribution is 2.22. The van der Waals surface area contributed by atoms with Gasteiger partial charge in [0.15, 0.2) is 0 Å². The maximum Gasteiger partial charge on any atom is 0.240 e. The largest absolute Gasteiger partial charge is 0.508 e. The molecule has 0 spiro atoms. The summed E-state index contributed by atoms with van der Waals surface area (Å²) in [5.74, 6) is 0.388. The van der Waals surface area contributed by atoms with Crippen LogP contribution >= 0.6 is 0 Å². The summed E-state index contributed by atoms with van der Waals surface area (Å²) in [5, 5.41) is 15.5. The van der Waals surface area contributed by atoms with Crippen molar-refractivity contribution in [3.63, 3.8) is 0 Å². The maximum absolute atomic E-state index is 12.2. The third-order valence-electron chi connectivity index (χ3n) is 3.92. The first kappa shape index (κ1) is 13.9. The molecule has 1 aromatic rings. The van der Waals surface area contributed by atoms with Gasteiger partial charge in [0.05, 0.1) is 5.54 Å². The topological polar surface area (TPSA) is 61.4 Å². The van der Waals surface area contributed by atoms with Crippen LogP contribution in [0.2, 0.25) is 0 Å². The van der Waals surface area contributed by atoms with Gasteiger partial charge in [0.25, 0.3) is 0 Å². The fourth-order valence-electron chi connectivity index (χ4n) is 2.61. The Bertz CT molecular complexity index is 422. The molecule has 0 radical (unpaired) electrons. The van der Waals surface area contributed by atoms with Gasteiger partial charge in [0.2, 0.25) is 5.91 Å². The van der Waals surface area contributed by atoms with Gasteiger partial charge < -0.3 is 15.7 Å². The molecule has 4 nitrogen and oxygen atoms in total. The van der Waals surface area contributed by atoms with Crippen molar-refractivity contribution >= 4 is 5.91 Å². The summed E-state index contributed by atoms with van der Waals surface area (Å²) in [6.45, 7) is 3.62. The molecule has 0 bridgehead atoms. The maximum atomic E-state index is 12.2. The predicted octanol–water partition coefficient (Wildman–Crippen LogP) is 1.58. The van der Waals surface area contributed by atoms with Crippen LogP contribution in [0.3, 0.4) is 0 Å². The summed E-state index contributed by atoms with van der Waals surface area (Å²) < 4.78 is 0. The number of nitrogens with one attached hydrogen (secondary N) is 2. The predicted molar refractivity (Wildman–Crippen MR) is 75.1 cm³/mol. The Balaban J connectivity index is 1.82. The summed E-state index contributed by atoms with van der Waals surface area (Å²) in [6, 6.07) is 7.10. The zero-order chi connectivity index (χ0) is 13.7. The number of hydrogen-bond acceptors (Lipinski definition) is 3. The van der Waals surface area contributed by atoms with Gasteiger partial charge in [-0.1, -0.05) is 19.1 Å². The molecule has 0 saturated carbocycles. The molecule has 1 saturated heterocycles. The third kappa shape index (κ3) is 3.26. The van der Waals surface area contributed by atoms with Crippen molar-refractivity contribution in [2.45, 2.75) is 38.1 Å². The number of rotatable bonds is 5. The molecule has 1 unspecified atom stereocenters. The molecule has 19 heavy (non-hydrogen) atoms. The van der Waals surface area contributed by atoms with E-state index in [9.17, 15) is 9.90 Å². The van der Waals surface area contributed by atoms with E-state index in [1.165, 1.54) is 0 Å². The standard InChI is InChI=1S/C15H22N2O2/c1-2-15(9-3-10-17-15)14(19)16-11-8-12-4-6-13(18)7-5-12/h4-7,17-18H,2-3,8-11H2,1H3,(H,16,19). The Kier molecular flexibility index (Phi) is 4.43. The average Bonchev–Trinajstić information content (AvgIpc) is 2.91. The van der Waals surface area contributed by atoms with Crippen LogP contribution in [0, 0.1) is 0 Å². The van der Waals surface area contributed by atoms with E-state index in [-0.39, 0.29) is 17.2 Å². The van der Waals surface area contributed by atoms with Gasteiger partial charge in [-0.05, 0) is 49.9 Å². The second kappa shape index (κ2) is 6.06. The second-order valence-electron chi connectivity index (χ2n) is 5.14. The van der Waals surface area contributed by atoms with Gasteiger partial charge in [-0.25, -0.2) is 0 Å². The Morgan fingerprint density at radius 1 is 1.42 bits per heavy atom. The Morgan fingerprint density at radius 3 is 2.74 bits per heavy atom. The van der Waals surface area contributed by atoms with E-state index in [2.05, 4.69) is 17.6 Å². The van der Waals surface area contributed by atoms with Crippen LogP contribution in [-0.4, -0.2) is 29.6 Å². The van der Waals surface area contributed by atoms with Gasteiger partial charge in [0.1, 0.15) is 5.75 Å². The van der Waals surface area contributed by atoms with E-state index in [0.29, 0.717) is 6.54 Å². The first-order valence-corrected chi connectivity index (χ1v) is 6.97. The molecule has 1 aliphatic heterocycles. The van der Waals surface area contributed by atoms with Crippen LogP contribution in [0.5, 0.6) is 5.75 Å².